The Morgan fingerprint density at radius 1 is 0.952 bits per heavy atom. The molecule has 21 heavy (non-hydrogen) atoms. The molecular weight excluding hydrogens is 330 g/mol. The lowest BCUT2D eigenvalue weighted by Gasteiger charge is -2.09. The van der Waals surface area contributed by atoms with Crippen LogP contribution < -0.4 is 10.1 Å². The van der Waals surface area contributed by atoms with Gasteiger partial charge in [0.25, 0.3) is 0 Å². The third-order valence-corrected chi connectivity index (χ3v) is 3.66. The van der Waals surface area contributed by atoms with E-state index in [0.29, 0.717) is 6.54 Å². The first-order chi connectivity index (χ1) is 10.3. The summed E-state index contributed by atoms with van der Waals surface area (Å²) in [6.07, 6.45) is 1.66. The number of benzene rings is 2. The summed E-state index contributed by atoms with van der Waals surface area (Å²) in [6.45, 7) is 0.613. The van der Waals surface area contributed by atoms with Crippen LogP contribution in [0.5, 0.6) is 11.5 Å². The van der Waals surface area contributed by atoms with Gasteiger partial charge in [0.15, 0.2) is 0 Å². The van der Waals surface area contributed by atoms with Crippen LogP contribution >= 0.6 is 15.9 Å². The van der Waals surface area contributed by atoms with Crippen molar-refractivity contribution in [2.75, 3.05) is 5.32 Å². The molecular formula is C17H14BrNO2. The molecule has 3 rings (SSSR count). The zero-order valence-electron chi connectivity index (χ0n) is 11.3. The summed E-state index contributed by atoms with van der Waals surface area (Å²) in [4.78, 5) is 0. The Morgan fingerprint density at radius 3 is 2.52 bits per heavy atom. The van der Waals surface area contributed by atoms with E-state index in [1.807, 2.05) is 60.7 Å². The summed E-state index contributed by atoms with van der Waals surface area (Å²) in [5.41, 5.74) is 0.978. The van der Waals surface area contributed by atoms with E-state index in [1.54, 1.807) is 6.26 Å². The van der Waals surface area contributed by atoms with Crippen LogP contribution in [0.2, 0.25) is 0 Å². The molecule has 1 aromatic heterocycles. The second-order valence-corrected chi connectivity index (χ2v) is 5.34. The molecule has 0 unspecified atom stereocenters. The molecule has 0 saturated heterocycles. The monoisotopic (exact) mass is 343 g/mol. The highest BCUT2D eigenvalue weighted by Crippen LogP contribution is 2.25. The predicted octanol–water partition coefficient (Wildman–Crippen LogP) is 5.45. The lowest BCUT2D eigenvalue weighted by molar-refractivity contribution is 0.482. The van der Waals surface area contributed by atoms with Crippen molar-refractivity contribution >= 4 is 21.6 Å². The minimum absolute atomic E-state index is 0.613. The van der Waals surface area contributed by atoms with Gasteiger partial charge in [0.2, 0.25) is 0 Å². The Bertz CT molecular complexity index is 710. The van der Waals surface area contributed by atoms with Gasteiger partial charge in [0.1, 0.15) is 17.3 Å². The minimum atomic E-state index is 0.613. The highest BCUT2D eigenvalue weighted by atomic mass is 79.9. The maximum atomic E-state index is 5.81. The number of para-hydroxylation sites is 1. The quantitative estimate of drug-likeness (QED) is 0.669. The van der Waals surface area contributed by atoms with Gasteiger partial charge >= 0.3 is 0 Å². The Kier molecular flexibility index (Phi) is 4.26. The van der Waals surface area contributed by atoms with Gasteiger partial charge in [-0.1, -0.05) is 24.3 Å². The number of hydrogen-bond acceptors (Lipinski definition) is 3. The van der Waals surface area contributed by atoms with Crippen molar-refractivity contribution in [2.24, 2.45) is 0 Å². The van der Waals surface area contributed by atoms with Crippen molar-refractivity contribution in [1.29, 1.82) is 0 Å². The van der Waals surface area contributed by atoms with E-state index in [1.165, 1.54) is 0 Å². The average Bonchev–Trinajstić information content (AvgIpc) is 2.92. The first kappa shape index (κ1) is 13.8. The van der Waals surface area contributed by atoms with Crippen LogP contribution in [-0.4, -0.2) is 0 Å². The first-order valence-corrected chi connectivity index (χ1v) is 7.39. The molecule has 0 aliphatic heterocycles. The molecule has 3 nitrogen and oxygen atoms in total. The van der Waals surface area contributed by atoms with Crippen molar-refractivity contribution in [3.05, 3.63) is 77.2 Å². The zero-order valence-corrected chi connectivity index (χ0v) is 12.8. The number of furan rings is 1. The summed E-state index contributed by atoms with van der Waals surface area (Å²) in [5, 5.41) is 3.31. The number of ether oxygens (including phenoxy) is 1. The second-order valence-electron chi connectivity index (χ2n) is 4.49. The fourth-order valence-corrected chi connectivity index (χ4v) is 2.27. The van der Waals surface area contributed by atoms with Gasteiger partial charge < -0.3 is 14.5 Å². The molecule has 0 bridgehead atoms. The Hall–Kier alpha value is -2.20. The van der Waals surface area contributed by atoms with Gasteiger partial charge in [-0.05, 0) is 46.3 Å². The van der Waals surface area contributed by atoms with Gasteiger partial charge in [-0.2, -0.15) is 0 Å². The van der Waals surface area contributed by atoms with Crippen LogP contribution in [-0.2, 0) is 6.54 Å². The van der Waals surface area contributed by atoms with Crippen molar-refractivity contribution in [1.82, 2.24) is 0 Å². The van der Waals surface area contributed by atoms with Gasteiger partial charge in [0, 0.05) is 11.8 Å². The van der Waals surface area contributed by atoms with Crippen molar-refractivity contribution in [2.45, 2.75) is 6.54 Å². The summed E-state index contributed by atoms with van der Waals surface area (Å²) in [6, 6.07) is 19.5. The molecule has 0 radical (unpaired) electrons. The van der Waals surface area contributed by atoms with E-state index in [4.69, 9.17) is 9.15 Å². The fourth-order valence-electron chi connectivity index (χ4n) is 1.93. The lowest BCUT2D eigenvalue weighted by Crippen LogP contribution is -1.98. The summed E-state index contributed by atoms with van der Waals surface area (Å²) in [5.74, 6) is 2.48. The van der Waals surface area contributed by atoms with E-state index in [-0.39, 0.29) is 0 Å². The molecule has 0 fully saturated rings. The van der Waals surface area contributed by atoms with Crippen LogP contribution in [0, 0.1) is 0 Å². The normalized spacial score (nSPS) is 10.3. The molecule has 0 atom stereocenters. The molecule has 0 saturated carbocycles. The van der Waals surface area contributed by atoms with E-state index in [0.717, 1.165) is 27.4 Å². The Morgan fingerprint density at radius 2 is 1.76 bits per heavy atom. The molecule has 3 aromatic rings. The minimum Gasteiger partial charge on any atom is -0.466 e. The zero-order chi connectivity index (χ0) is 14.5. The van der Waals surface area contributed by atoms with Crippen LogP contribution in [0.25, 0.3) is 0 Å². The predicted molar refractivity (Wildman–Crippen MR) is 86.7 cm³/mol. The van der Waals surface area contributed by atoms with Crippen LogP contribution in [0.15, 0.2) is 75.8 Å². The van der Waals surface area contributed by atoms with E-state index < -0.39 is 0 Å². The van der Waals surface area contributed by atoms with Crippen LogP contribution in [0.3, 0.4) is 0 Å². The highest BCUT2D eigenvalue weighted by Gasteiger charge is 2.04. The number of anilines is 1. The van der Waals surface area contributed by atoms with Gasteiger partial charge in [0.05, 0.1) is 17.3 Å². The summed E-state index contributed by atoms with van der Waals surface area (Å²) >= 11 is 3.44. The Labute approximate surface area is 131 Å². The van der Waals surface area contributed by atoms with Gasteiger partial charge in [-0.25, -0.2) is 0 Å². The van der Waals surface area contributed by atoms with Crippen LogP contribution in [0.1, 0.15) is 5.76 Å². The largest absolute Gasteiger partial charge is 0.466 e. The lowest BCUT2D eigenvalue weighted by atomic mass is 10.3. The maximum absolute atomic E-state index is 5.81. The highest BCUT2D eigenvalue weighted by molar-refractivity contribution is 9.10. The second kappa shape index (κ2) is 6.50. The van der Waals surface area contributed by atoms with Crippen molar-refractivity contribution in [3.63, 3.8) is 0 Å². The van der Waals surface area contributed by atoms with Gasteiger partial charge in [-0.3, -0.25) is 0 Å². The smallest absolute Gasteiger partial charge is 0.136 e. The molecule has 1 N–H and O–H groups in total. The number of rotatable bonds is 5. The standard InChI is InChI=1S/C17H14BrNO2/c18-16-9-10-20-17(16)12-19-13-5-4-8-15(11-13)21-14-6-2-1-3-7-14/h1-11,19H,12H2. The van der Waals surface area contributed by atoms with E-state index >= 15 is 0 Å². The van der Waals surface area contributed by atoms with E-state index in [2.05, 4.69) is 21.2 Å². The average molecular weight is 344 g/mol. The molecule has 4 heteroatoms. The van der Waals surface area contributed by atoms with E-state index in [9.17, 15) is 0 Å². The summed E-state index contributed by atoms with van der Waals surface area (Å²) < 4.78 is 12.1. The number of nitrogens with one attached hydrogen (secondary N) is 1. The topological polar surface area (TPSA) is 34.4 Å². The molecule has 0 aliphatic rings. The molecule has 2 aromatic carbocycles. The molecule has 1 heterocycles. The summed E-state index contributed by atoms with van der Waals surface area (Å²) in [7, 11) is 0. The Balaban J connectivity index is 1.67. The number of hydrogen-bond donors (Lipinski definition) is 1. The van der Waals surface area contributed by atoms with Crippen molar-refractivity contribution in [3.8, 4) is 11.5 Å². The van der Waals surface area contributed by atoms with Gasteiger partial charge in [-0.15, -0.1) is 0 Å². The molecule has 0 amide bonds. The third kappa shape index (κ3) is 3.67. The fraction of sp³-hybridized carbons (Fsp3) is 0.0588. The van der Waals surface area contributed by atoms with Crippen molar-refractivity contribution < 1.29 is 9.15 Å². The molecule has 0 spiro atoms. The maximum Gasteiger partial charge on any atom is 0.136 e. The van der Waals surface area contributed by atoms with Crippen LogP contribution in [0.4, 0.5) is 5.69 Å². The SMILES string of the molecule is Brc1ccoc1CNc1cccc(Oc2ccccc2)c1. The number of halogens is 1. The third-order valence-electron chi connectivity index (χ3n) is 2.96. The molecule has 106 valence electrons. The first-order valence-electron chi connectivity index (χ1n) is 6.60. The molecule has 0 aliphatic carbocycles.